The minimum absolute atomic E-state index is 0.306. The van der Waals surface area contributed by atoms with E-state index in [1.807, 2.05) is 0 Å². The molecule has 1 unspecified atom stereocenters. The van der Waals surface area contributed by atoms with Gasteiger partial charge < -0.3 is 5.73 Å². The minimum atomic E-state index is -5.54. The summed E-state index contributed by atoms with van der Waals surface area (Å²) in [6.45, 7) is 0. The number of hydrogen-bond donors (Lipinski definition) is 1. The highest BCUT2D eigenvalue weighted by atomic mass is 79.9. The molecule has 0 amide bonds. The lowest BCUT2D eigenvalue weighted by molar-refractivity contribution is -0.289. The lowest BCUT2D eigenvalue weighted by Gasteiger charge is -2.28. The van der Waals surface area contributed by atoms with Crippen molar-refractivity contribution in [1.29, 1.82) is 0 Å². The Morgan fingerprint density at radius 1 is 1.05 bits per heavy atom. The lowest BCUT2D eigenvalue weighted by atomic mass is 9.93. The van der Waals surface area contributed by atoms with Crippen LogP contribution in [0.15, 0.2) is 22.7 Å². The van der Waals surface area contributed by atoms with Gasteiger partial charge in [-0.1, -0.05) is 22.0 Å². The Hall–Kier alpha value is -0.830. The van der Waals surface area contributed by atoms with Gasteiger partial charge in [0.25, 0.3) is 0 Å². The maximum atomic E-state index is 13.4. The monoisotopic (exact) mass is 367 g/mol. The van der Waals surface area contributed by atoms with Crippen LogP contribution in [-0.4, -0.2) is 18.4 Å². The molecule has 0 aliphatic rings. The van der Waals surface area contributed by atoms with Gasteiger partial charge >= 0.3 is 12.4 Å². The largest absolute Gasteiger partial charge is 0.402 e. The van der Waals surface area contributed by atoms with Crippen molar-refractivity contribution in [2.45, 2.75) is 24.8 Å². The fourth-order valence-corrected chi connectivity index (χ4v) is 2.06. The number of nitrogens with two attached hydrogens (primary N) is 1. The summed E-state index contributed by atoms with van der Waals surface area (Å²) >= 11 is 2.92. The van der Waals surface area contributed by atoms with Gasteiger partial charge in [-0.05, 0) is 24.1 Å². The van der Waals surface area contributed by atoms with Crippen LogP contribution in [0.25, 0.3) is 0 Å². The molecule has 1 atom stereocenters. The van der Waals surface area contributed by atoms with Gasteiger partial charge in [0.15, 0.2) is 5.92 Å². The second kappa shape index (κ2) is 5.88. The molecule has 0 saturated heterocycles. The average Bonchev–Trinajstić information content (AvgIpc) is 2.17. The molecule has 20 heavy (non-hydrogen) atoms. The number of rotatable bonds is 3. The molecule has 1 rings (SSSR count). The van der Waals surface area contributed by atoms with Crippen molar-refractivity contribution in [3.63, 3.8) is 0 Å². The Kier molecular flexibility index (Phi) is 5.07. The Labute approximate surface area is 118 Å². The quantitative estimate of drug-likeness (QED) is 0.796. The summed E-state index contributed by atoms with van der Waals surface area (Å²) in [7, 11) is 0. The highest BCUT2D eigenvalue weighted by molar-refractivity contribution is 9.10. The fraction of sp³-hybridized carbons (Fsp3) is 0.455. The first-order valence-electron chi connectivity index (χ1n) is 5.26. The van der Waals surface area contributed by atoms with E-state index in [1.54, 1.807) is 0 Å². The molecular weight excluding hydrogens is 359 g/mol. The van der Waals surface area contributed by atoms with E-state index in [0.29, 0.717) is 4.47 Å². The van der Waals surface area contributed by atoms with Gasteiger partial charge in [-0.3, -0.25) is 0 Å². The summed E-state index contributed by atoms with van der Waals surface area (Å²) in [4.78, 5) is 0. The van der Waals surface area contributed by atoms with Crippen molar-refractivity contribution in [3.05, 3.63) is 34.1 Å². The predicted octanol–water partition coefficient (Wildman–Crippen LogP) is 4.20. The summed E-state index contributed by atoms with van der Waals surface area (Å²) in [5.74, 6) is -4.61. The van der Waals surface area contributed by atoms with Gasteiger partial charge in [0.1, 0.15) is 5.82 Å². The Morgan fingerprint density at radius 2 is 1.55 bits per heavy atom. The molecule has 2 N–H and O–H groups in total. The Morgan fingerprint density at radius 3 is 1.95 bits per heavy atom. The number of halogens is 8. The predicted molar refractivity (Wildman–Crippen MR) is 61.4 cm³/mol. The molecule has 1 aromatic carbocycles. The van der Waals surface area contributed by atoms with Crippen molar-refractivity contribution >= 4 is 15.9 Å². The third-order valence-electron chi connectivity index (χ3n) is 2.60. The standard InChI is InChI=1S/C11H9BrF7N/c12-6-2-1-5(7(13)4-6)3-8(20)9(10(14,15)16)11(17,18)19/h1-2,4,8-9H,3,20H2. The van der Waals surface area contributed by atoms with E-state index < -0.39 is 36.6 Å². The normalized spacial score (nSPS) is 14.7. The topological polar surface area (TPSA) is 26.0 Å². The third-order valence-corrected chi connectivity index (χ3v) is 3.10. The van der Waals surface area contributed by atoms with Gasteiger partial charge in [-0.25, -0.2) is 4.39 Å². The Balaban J connectivity index is 3.00. The molecule has 1 aromatic rings. The van der Waals surface area contributed by atoms with Gasteiger partial charge in [0.2, 0.25) is 0 Å². The molecule has 0 aliphatic heterocycles. The zero-order chi connectivity index (χ0) is 15.7. The molecule has 0 spiro atoms. The number of benzene rings is 1. The van der Waals surface area contributed by atoms with E-state index in [0.717, 1.165) is 12.1 Å². The molecule has 114 valence electrons. The molecule has 9 heteroatoms. The van der Waals surface area contributed by atoms with E-state index in [4.69, 9.17) is 5.73 Å². The summed E-state index contributed by atoms with van der Waals surface area (Å²) < 4.78 is 88.3. The molecule has 0 aliphatic carbocycles. The van der Waals surface area contributed by atoms with Crippen molar-refractivity contribution in [2.75, 3.05) is 0 Å². The van der Waals surface area contributed by atoms with Crippen LogP contribution in [0.4, 0.5) is 30.7 Å². The van der Waals surface area contributed by atoms with Gasteiger partial charge in [-0.2, -0.15) is 26.3 Å². The molecule has 0 saturated carbocycles. The molecule has 0 bridgehead atoms. The summed E-state index contributed by atoms with van der Waals surface area (Å²) in [5.41, 5.74) is 4.70. The van der Waals surface area contributed by atoms with Gasteiger partial charge in [0.05, 0.1) is 0 Å². The molecule has 1 nitrogen and oxygen atoms in total. The zero-order valence-electron chi connectivity index (χ0n) is 9.69. The van der Waals surface area contributed by atoms with E-state index in [-0.39, 0.29) is 5.56 Å². The first kappa shape index (κ1) is 17.2. The molecule has 0 heterocycles. The van der Waals surface area contributed by atoms with E-state index in [9.17, 15) is 30.7 Å². The first-order chi connectivity index (χ1) is 8.93. The van der Waals surface area contributed by atoms with Crippen LogP contribution in [0.3, 0.4) is 0 Å². The lowest BCUT2D eigenvalue weighted by Crippen LogP contribution is -2.49. The molecule has 0 aromatic heterocycles. The average molecular weight is 368 g/mol. The molecule has 0 fully saturated rings. The smallest absolute Gasteiger partial charge is 0.327 e. The third kappa shape index (κ3) is 4.34. The highest BCUT2D eigenvalue weighted by Crippen LogP contribution is 2.41. The van der Waals surface area contributed by atoms with Crippen LogP contribution >= 0.6 is 15.9 Å². The number of hydrogen-bond acceptors (Lipinski definition) is 1. The van der Waals surface area contributed by atoms with Crippen LogP contribution in [0, 0.1) is 11.7 Å². The van der Waals surface area contributed by atoms with Crippen LogP contribution in [0.5, 0.6) is 0 Å². The van der Waals surface area contributed by atoms with Crippen molar-refractivity contribution in [1.82, 2.24) is 0 Å². The highest BCUT2D eigenvalue weighted by Gasteiger charge is 2.59. The van der Waals surface area contributed by atoms with Gasteiger partial charge in [-0.15, -0.1) is 0 Å². The summed E-state index contributed by atoms with van der Waals surface area (Å²) in [5, 5.41) is 0. The molecular formula is C11H9BrF7N. The SMILES string of the molecule is NC(Cc1ccc(Br)cc1F)C(C(F)(F)F)C(F)(F)F. The maximum Gasteiger partial charge on any atom is 0.402 e. The molecule has 0 radical (unpaired) electrons. The van der Waals surface area contributed by atoms with Gasteiger partial charge in [0, 0.05) is 10.5 Å². The van der Waals surface area contributed by atoms with Crippen molar-refractivity contribution in [2.24, 2.45) is 11.7 Å². The minimum Gasteiger partial charge on any atom is -0.327 e. The van der Waals surface area contributed by atoms with Crippen LogP contribution in [0.2, 0.25) is 0 Å². The van der Waals surface area contributed by atoms with Crippen LogP contribution < -0.4 is 5.73 Å². The van der Waals surface area contributed by atoms with Crippen molar-refractivity contribution < 1.29 is 30.7 Å². The maximum absolute atomic E-state index is 13.4. The second-order valence-electron chi connectivity index (χ2n) is 4.16. The summed E-state index contributed by atoms with van der Waals surface area (Å²) in [6, 6.07) is 1.02. The van der Waals surface area contributed by atoms with Crippen LogP contribution in [-0.2, 0) is 6.42 Å². The van der Waals surface area contributed by atoms with Crippen LogP contribution in [0.1, 0.15) is 5.56 Å². The summed E-state index contributed by atoms with van der Waals surface area (Å²) in [6.07, 6.45) is -11.9. The zero-order valence-corrected chi connectivity index (χ0v) is 11.3. The number of alkyl halides is 6. The van der Waals surface area contributed by atoms with E-state index >= 15 is 0 Å². The Bertz CT molecular complexity index is 455. The van der Waals surface area contributed by atoms with E-state index in [1.165, 1.54) is 6.07 Å². The fourth-order valence-electron chi connectivity index (χ4n) is 1.73. The first-order valence-corrected chi connectivity index (χ1v) is 6.05. The second-order valence-corrected chi connectivity index (χ2v) is 5.08. The van der Waals surface area contributed by atoms with E-state index in [2.05, 4.69) is 15.9 Å². The van der Waals surface area contributed by atoms with Crippen molar-refractivity contribution in [3.8, 4) is 0 Å².